The van der Waals surface area contributed by atoms with E-state index in [2.05, 4.69) is 4.98 Å². The highest BCUT2D eigenvalue weighted by Crippen LogP contribution is 2.22. The molecule has 0 saturated heterocycles. The average Bonchev–Trinajstić information content (AvgIpc) is 3.20. The second kappa shape index (κ2) is 7.08. The number of hydrogen-bond donors (Lipinski definition) is 0. The third-order valence-electron chi connectivity index (χ3n) is 4.20. The Morgan fingerprint density at radius 2 is 2.04 bits per heavy atom. The van der Waals surface area contributed by atoms with E-state index in [0.717, 1.165) is 9.44 Å². The number of carbonyl (C=O) groups excluding carboxylic acids is 1. The van der Waals surface area contributed by atoms with Crippen LogP contribution < -0.4 is 11.2 Å². The van der Waals surface area contributed by atoms with Crippen LogP contribution in [0, 0.1) is 0 Å². The van der Waals surface area contributed by atoms with E-state index in [1.54, 1.807) is 22.6 Å². The van der Waals surface area contributed by atoms with Gasteiger partial charge in [0.2, 0.25) is 5.91 Å². The zero-order valence-corrected chi connectivity index (χ0v) is 16.2. The van der Waals surface area contributed by atoms with Gasteiger partial charge < -0.3 is 9.47 Å². The van der Waals surface area contributed by atoms with Crippen LogP contribution in [0.1, 0.15) is 11.8 Å². The number of likely N-dealkylation sites (N-methyl/N-ethyl adjacent to an activating group) is 1. The van der Waals surface area contributed by atoms with Crippen LogP contribution in [0.2, 0.25) is 4.34 Å². The summed E-state index contributed by atoms with van der Waals surface area (Å²) in [7, 11) is 3.20. The number of nitrogens with zero attached hydrogens (tertiary/aromatic N) is 5. The molecule has 0 saturated carbocycles. The molecule has 0 unspecified atom stereocenters. The van der Waals surface area contributed by atoms with E-state index in [1.807, 2.05) is 13.0 Å². The molecule has 138 valence electrons. The molecule has 8 nitrogen and oxygen atoms in total. The maximum atomic E-state index is 12.7. The predicted molar refractivity (Wildman–Crippen MR) is 101 cm³/mol. The van der Waals surface area contributed by atoms with E-state index < -0.39 is 11.2 Å². The van der Waals surface area contributed by atoms with Gasteiger partial charge in [0.25, 0.3) is 5.56 Å². The molecule has 0 radical (unpaired) electrons. The summed E-state index contributed by atoms with van der Waals surface area (Å²) < 4.78 is 4.43. The molecule has 0 N–H and O–H groups in total. The normalized spacial score (nSPS) is 11.2. The van der Waals surface area contributed by atoms with Crippen molar-refractivity contribution in [3.63, 3.8) is 0 Å². The topological polar surface area (TPSA) is 82.1 Å². The third kappa shape index (κ3) is 3.19. The van der Waals surface area contributed by atoms with Crippen molar-refractivity contribution in [1.29, 1.82) is 0 Å². The van der Waals surface area contributed by atoms with Crippen molar-refractivity contribution in [3.8, 4) is 0 Å². The highest BCUT2D eigenvalue weighted by molar-refractivity contribution is 7.16. The standard InChI is InChI=1S/C16H18ClN5O3S/c1-4-21(7-10-5-6-11(17)26-10)12(23)8-22-15(24)13-14(18-9-19(13)2)20(3)16(22)25/h5-6,9H,4,7-8H2,1-3H3. The second-order valence-electron chi connectivity index (χ2n) is 5.87. The van der Waals surface area contributed by atoms with Crippen molar-refractivity contribution < 1.29 is 4.79 Å². The number of amides is 1. The molecule has 0 aliphatic heterocycles. The quantitative estimate of drug-likeness (QED) is 0.650. The van der Waals surface area contributed by atoms with Gasteiger partial charge in [-0.1, -0.05) is 11.6 Å². The van der Waals surface area contributed by atoms with Crippen LogP contribution in [-0.2, 0) is 32.0 Å². The lowest BCUT2D eigenvalue weighted by molar-refractivity contribution is -0.132. The van der Waals surface area contributed by atoms with Gasteiger partial charge in [0.05, 0.1) is 17.2 Å². The zero-order chi connectivity index (χ0) is 19.0. The van der Waals surface area contributed by atoms with Crippen molar-refractivity contribution in [2.24, 2.45) is 14.1 Å². The first kappa shape index (κ1) is 18.4. The van der Waals surface area contributed by atoms with E-state index in [1.165, 1.54) is 29.3 Å². The fourth-order valence-corrected chi connectivity index (χ4v) is 3.88. The predicted octanol–water partition coefficient (Wildman–Crippen LogP) is 1.20. The van der Waals surface area contributed by atoms with E-state index >= 15 is 0 Å². The molecule has 1 amide bonds. The molecular formula is C16H18ClN5O3S. The Hall–Kier alpha value is -2.39. The summed E-state index contributed by atoms with van der Waals surface area (Å²) in [5.41, 5.74) is -0.504. The molecule has 26 heavy (non-hydrogen) atoms. The minimum Gasteiger partial charge on any atom is -0.336 e. The van der Waals surface area contributed by atoms with Gasteiger partial charge in [0.1, 0.15) is 6.54 Å². The first-order chi connectivity index (χ1) is 12.3. The van der Waals surface area contributed by atoms with Crippen molar-refractivity contribution in [1.82, 2.24) is 23.6 Å². The molecule has 3 rings (SSSR count). The Morgan fingerprint density at radius 3 is 2.65 bits per heavy atom. The number of hydrogen-bond acceptors (Lipinski definition) is 5. The SMILES string of the molecule is CCN(Cc1ccc(Cl)s1)C(=O)Cn1c(=O)c2c(ncn2C)n(C)c1=O. The molecule has 0 fully saturated rings. The number of aryl methyl sites for hydroxylation is 2. The van der Waals surface area contributed by atoms with Crippen LogP contribution in [-0.4, -0.2) is 36.0 Å². The van der Waals surface area contributed by atoms with Gasteiger partial charge in [-0.3, -0.25) is 14.2 Å². The number of thiophene rings is 1. The maximum absolute atomic E-state index is 12.7. The average molecular weight is 396 g/mol. The van der Waals surface area contributed by atoms with Gasteiger partial charge in [0.15, 0.2) is 11.2 Å². The Balaban J connectivity index is 1.94. The summed E-state index contributed by atoms with van der Waals surface area (Å²) in [5, 5.41) is 0. The Bertz CT molecular complexity index is 1090. The molecule has 10 heteroatoms. The van der Waals surface area contributed by atoms with Crippen LogP contribution in [0.25, 0.3) is 11.2 Å². The van der Waals surface area contributed by atoms with Crippen LogP contribution in [0.4, 0.5) is 0 Å². The third-order valence-corrected chi connectivity index (χ3v) is 5.42. The molecule has 0 aliphatic carbocycles. The van der Waals surface area contributed by atoms with Crippen LogP contribution >= 0.6 is 22.9 Å². The highest BCUT2D eigenvalue weighted by Gasteiger charge is 2.20. The molecule has 0 aromatic carbocycles. The number of halogens is 1. The van der Waals surface area contributed by atoms with Crippen LogP contribution in [0.3, 0.4) is 0 Å². The van der Waals surface area contributed by atoms with E-state index in [4.69, 9.17) is 11.6 Å². The fraction of sp³-hybridized carbons (Fsp3) is 0.375. The van der Waals surface area contributed by atoms with Gasteiger partial charge in [-0.2, -0.15) is 0 Å². The summed E-state index contributed by atoms with van der Waals surface area (Å²) in [4.78, 5) is 44.5. The monoisotopic (exact) mass is 395 g/mol. The summed E-state index contributed by atoms with van der Waals surface area (Å²) in [6.07, 6.45) is 1.47. The maximum Gasteiger partial charge on any atom is 0.332 e. The first-order valence-corrected chi connectivity index (χ1v) is 9.15. The lowest BCUT2D eigenvalue weighted by atomic mass is 10.3. The van der Waals surface area contributed by atoms with Crippen molar-refractivity contribution in [2.75, 3.05) is 6.54 Å². The summed E-state index contributed by atoms with van der Waals surface area (Å²) in [5.74, 6) is -0.308. The molecule has 3 heterocycles. The fourth-order valence-electron chi connectivity index (χ4n) is 2.77. The number of imidazole rings is 1. The van der Waals surface area contributed by atoms with Crippen LogP contribution in [0.5, 0.6) is 0 Å². The smallest absolute Gasteiger partial charge is 0.332 e. The largest absolute Gasteiger partial charge is 0.336 e. The lowest BCUT2D eigenvalue weighted by Crippen LogP contribution is -2.44. The lowest BCUT2D eigenvalue weighted by Gasteiger charge is -2.20. The minimum atomic E-state index is -0.565. The molecular weight excluding hydrogens is 378 g/mol. The van der Waals surface area contributed by atoms with Gasteiger partial charge in [-0.05, 0) is 19.1 Å². The molecule has 0 spiro atoms. The van der Waals surface area contributed by atoms with Gasteiger partial charge in [-0.15, -0.1) is 11.3 Å². The van der Waals surface area contributed by atoms with Crippen LogP contribution in [0.15, 0.2) is 28.0 Å². The summed E-state index contributed by atoms with van der Waals surface area (Å²) in [6, 6.07) is 3.63. The van der Waals surface area contributed by atoms with Crippen molar-refractivity contribution in [2.45, 2.75) is 20.0 Å². The number of rotatable bonds is 5. The Kier molecular flexibility index (Phi) is 5.01. The minimum absolute atomic E-state index is 0.285. The Labute approximate surface area is 157 Å². The highest BCUT2D eigenvalue weighted by atomic mass is 35.5. The van der Waals surface area contributed by atoms with E-state index in [0.29, 0.717) is 23.1 Å². The molecule has 0 atom stereocenters. The first-order valence-electron chi connectivity index (χ1n) is 7.96. The number of aromatic nitrogens is 4. The second-order valence-corrected chi connectivity index (χ2v) is 7.67. The number of carbonyl (C=O) groups is 1. The molecule has 3 aromatic rings. The molecule has 3 aromatic heterocycles. The molecule has 0 aliphatic rings. The molecule has 0 bridgehead atoms. The summed E-state index contributed by atoms with van der Waals surface area (Å²) in [6.45, 7) is 2.37. The Morgan fingerprint density at radius 1 is 1.31 bits per heavy atom. The van der Waals surface area contributed by atoms with E-state index in [-0.39, 0.29) is 18.0 Å². The van der Waals surface area contributed by atoms with Crippen molar-refractivity contribution in [3.05, 3.63) is 48.5 Å². The summed E-state index contributed by atoms with van der Waals surface area (Å²) >= 11 is 7.33. The van der Waals surface area contributed by atoms with Gasteiger partial charge in [0, 0.05) is 25.5 Å². The van der Waals surface area contributed by atoms with Crippen molar-refractivity contribution >= 4 is 40.0 Å². The van der Waals surface area contributed by atoms with Gasteiger partial charge >= 0.3 is 5.69 Å². The van der Waals surface area contributed by atoms with E-state index in [9.17, 15) is 14.4 Å². The number of fused-ring (bicyclic) bond motifs is 1. The van der Waals surface area contributed by atoms with Gasteiger partial charge in [-0.25, -0.2) is 14.3 Å². The zero-order valence-electron chi connectivity index (χ0n) is 14.6.